The first-order chi connectivity index (χ1) is 48.6. The number of hydrogen-bond donors (Lipinski definition) is 3. The van der Waals surface area contributed by atoms with Gasteiger partial charge in [0.05, 0.1) is 26.4 Å². The Morgan fingerprint density at radius 3 is 0.850 bits per heavy atom. The van der Waals surface area contributed by atoms with E-state index in [0.29, 0.717) is 25.7 Å². The normalized spacial score (nSPS) is 14.3. The zero-order valence-electron chi connectivity index (χ0n) is 64.8. The van der Waals surface area contributed by atoms with E-state index in [4.69, 9.17) is 37.0 Å². The summed E-state index contributed by atoms with van der Waals surface area (Å²) in [5.41, 5.74) is 0. The van der Waals surface area contributed by atoms with Crippen LogP contribution < -0.4 is 0 Å². The highest BCUT2D eigenvalue weighted by molar-refractivity contribution is 7.47. The fourth-order valence-corrected chi connectivity index (χ4v) is 13.6. The van der Waals surface area contributed by atoms with Crippen LogP contribution in [0.15, 0.2) is 24.3 Å². The van der Waals surface area contributed by atoms with Gasteiger partial charge in [-0.15, -0.1) is 0 Å². The first-order valence-corrected chi connectivity index (χ1v) is 44.5. The van der Waals surface area contributed by atoms with Crippen LogP contribution in [0.4, 0.5) is 0 Å². The summed E-state index contributed by atoms with van der Waals surface area (Å²) in [5, 5.41) is 10.6. The second-order valence-corrected chi connectivity index (χ2v) is 31.6. The number of carbonyl (C=O) groups is 4. The van der Waals surface area contributed by atoms with Crippen molar-refractivity contribution in [3.05, 3.63) is 24.3 Å². The highest BCUT2D eigenvalue weighted by Gasteiger charge is 2.30. The number of ether oxygens (including phenoxy) is 4. The molecule has 0 radical (unpaired) electrons. The zero-order chi connectivity index (χ0) is 73.4. The summed E-state index contributed by atoms with van der Waals surface area (Å²) in [6.07, 6.45) is 67.4. The van der Waals surface area contributed by atoms with Crippen LogP contribution >= 0.6 is 15.6 Å². The van der Waals surface area contributed by atoms with E-state index >= 15 is 0 Å². The Morgan fingerprint density at radius 1 is 0.320 bits per heavy atom. The number of rotatable bonds is 79. The fourth-order valence-electron chi connectivity index (χ4n) is 12.0. The number of unbranched alkanes of at least 4 members (excludes halogenated alkanes) is 47. The number of phosphoric ester groups is 2. The number of hydrogen-bond acceptors (Lipinski definition) is 15. The molecule has 0 aliphatic rings. The van der Waals surface area contributed by atoms with Gasteiger partial charge in [0, 0.05) is 25.7 Å². The molecule has 0 saturated carbocycles. The van der Waals surface area contributed by atoms with Gasteiger partial charge in [-0.2, -0.15) is 0 Å². The van der Waals surface area contributed by atoms with Gasteiger partial charge in [0.15, 0.2) is 12.2 Å². The second-order valence-electron chi connectivity index (χ2n) is 28.7. The van der Waals surface area contributed by atoms with Crippen molar-refractivity contribution in [1.29, 1.82) is 0 Å². The molecule has 0 aromatic heterocycles. The number of carbonyl (C=O) groups excluding carboxylic acids is 4. The van der Waals surface area contributed by atoms with Gasteiger partial charge in [0.2, 0.25) is 0 Å². The average Bonchev–Trinajstić information content (AvgIpc) is 0.944. The molecule has 19 heteroatoms. The number of allylic oxidation sites excluding steroid dienone is 4. The molecule has 6 atom stereocenters. The summed E-state index contributed by atoms with van der Waals surface area (Å²) in [4.78, 5) is 73.0. The Balaban J connectivity index is 5.27. The first-order valence-electron chi connectivity index (χ1n) is 41.5. The molecule has 17 nitrogen and oxygen atoms in total. The first kappa shape index (κ1) is 97.5. The average molecular weight is 1460 g/mol. The molecular formula is C81H154O17P2. The van der Waals surface area contributed by atoms with Crippen LogP contribution in [0.2, 0.25) is 0 Å². The molecule has 0 spiro atoms. The van der Waals surface area contributed by atoms with Crippen molar-refractivity contribution in [2.24, 2.45) is 5.92 Å². The summed E-state index contributed by atoms with van der Waals surface area (Å²) in [6.45, 7) is 7.22. The lowest BCUT2D eigenvalue weighted by molar-refractivity contribution is -0.161. The highest BCUT2D eigenvalue weighted by Crippen LogP contribution is 2.45. The van der Waals surface area contributed by atoms with E-state index in [1.54, 1.807) is 0 Å². The van der Waals surface area contributed by atoms with Gasteiger partial charge in [0.25, 0.3) is 0 Å². The van der Waals surface area contributed by atoms with Crippen LogP contribution in [0.25, 0.3) is 0 Å². The number of aliphatic hydroxyl groups excluding tert-OH is 1. The topological polar surface area (TPSA) is 237 Å². The van der Waals surface area contributed by atoms with Gasteiger partial charge in [-0.1, -0.05) is 354 Å². The molecule has 0 aliphatic carbocycles. The molecule has 0 fully saturated rings. The minimum absolute atomic E-state index is 0.0845. The van der Waals surface area contributed by atoms with Crippen LogP contribution in [-0.2, 0) is 65.4 Å². The van der Waals surface area contributed by atoms with E-state index in [2.05, 4.69) is 58.9 Å². The van der Waals surface area contributed by atoms with Crippen LogP contribution in [0, 0.1) is 5.92 Å². The van der Waals surface area contributed by atoms with Gasteiger partial charge in [0.1, 0.15) is 19.3 Å². The third-order valence-electron chi connectivity index (χ3n) is 18.8. The van der Waals surface area contributed by atoms with Crippen molar-refractivity contribution in [3.63, 3.8) is 0 Å². The van der Waals surface area contributed by atoms with Crippen molar-refractivity contribution in [2.75, 3.05) is 39.6 Å². The van der Waals surface area contributed by atoms with E-state index in [1.807, 2.05) is 0 Å². The van der Waals surface area contributed by atoms with Crippen LogP contribution in [0.3, 0.4) is 0 Å². The molecular weight excluding hydrogens is 1310 g/mol. The van der Waals surface area contributed by atoms with Crippen molar-refractivity contribution in [1.82, 2.24) is 0 Å². The Bertz CT molecular complexity index is 2010. The van der Waals surface area contributed by atoms with Crippen LogP contribution in [0.1, 0.15) is 407 Å². The van der Waals surface area contributed by atoms with Gasteiger partial charge in [-0.05, 0) is 57.3 Å². The van der Waals surface area contributed by atoms with E-state index in [0.717, 1.165) is 115 Å². The molecule has 0 bridgehead atoms. The van der Waals surface area contributed by atoms with E-state index in [9.17, 15) is 43.2 Å². The molecule has 0 aromatic rings. The van der Waals surface area contributed by atoms with Gasteiger partial charge >= 0.3 is 39.5 Å². The van der Waals surface area contributed by atoms with Gasteiger partial charge in [-0.3, -0.25) is 37.3 Å². The van der Waals surface area contributed by atoms with Gasteiger partial charge < -0.3 is 33.8 Å². The Morgan fingerprint density at radius 2 is 0.560 bits per heavy atom. The molecule has 0 heterocycles. The maximum atomic E-state index is 13.1. The minimum atomic E-state index is -4.97. The summed E-state index contributed by atoms with van der Waals surface area (Å²) < 4.78 is 68.7. The molecule has 100 heavy (non-hydrogen) atoms. The summed E-state index contributed by atoms with van der Waals surface area (Å²) in [6, 6.07) is 0. The van der Waals surface area contributed by atoms with Crippen LogP contribution in [0.5, 0.6) is 0 Å². The lowest BCUT2D eigenvalue weighted by Gasteiger charge is -2.21. The third-order valence-corrected chi connectivity index (χ3v) is 20.7. The Labute approximate surface area is 612 Å². The summed E-state index contributed by atoms with van der Waals surface area (Å²) >= 11 is 0. The molecule has 0 amide bonds. The van der Waals surface area contributed by atoms with Crippen molar-refractivity contribution >= 4 is 39.5 Å². The molecule has 3 N–H and O–H groups in total. The summed E-state index contributed by atoms with van der Waals surface area (Å²) in [5.74, 6) is -1.41. The maximum absolute atomic E-state index is 13.1. The quantitative estimate of drug-likeness (QED) is 0.0169. The molecule has 0 saturated heterocycles. The van der Waals surface area contributed by atoms with Crippen LogP contribution in [-0.4, -0.2) is 96.7 Å². The molecule has 0 rings (SSSR count). The predicted molar refractivity (Wildman–Crippen MR) is 409 cm³/mol. The summed E-state index contributed by atoms with van der Waals surface area (Å²) in [7, 11) is -9.93. The van der Waals surface area contributed by atoms with Crippen molar-refractivity contribution in [3.8, 4) is 0 Å². The second kappa shape index (κ2) is 73.4. The molecule has 590 valence electrons. The van der Waals surface area contributed by atoms with Gasteiger partial charge in [-0.25, -0.2) is 9.13 Å². The standard InChI is InChI=1S/C81H154O17P2/c1-6-10-13-16-19-22-25-28-31-33-34-35-38-41-44-47-50-57-62-66-80(85)97-76(70-91-78(83)64-59-54-48-45-42-39-37-32-29-26-23-20-17-14-11-7-2)72-95-99(87,88)93-68-75(82)69-94-100(89,90)96-73-77(71-92-79(84)65-60-55-52-51-53-58-63-74(5)9-4)98-81(86)67-61-56-49-46-43-40-36-30-27-24-21-18-15-12-8-3/h24,27,30,36,74-77,82H,6-23,25-26,28-29,31-35,37-73H2,1-5H3,(H,87,88)(H,89,90)/b27-24-,36-30-/t74?,75-,76-,77-/m1/s1. The SMILES string of the molecule is CCCCCC/C=C\C=C/CCCCCCCC(=O)O[C@H](COC(=O)CCCCCCCCC(C)CC)COP(=O)(O)OC[C@H](O)COP(=O)(O)OC[C@@H](COC(=O)CCCCCCCCCCCCCCCCCC)OC(=O)CCCCCCCCCCCCCCCCCCCCC. The fraction of sp³-hybridized carbons (Fsp3) is 0.901. The monoisotopic (exact) mass is 1460 g/mol. The predicted octanol–water partition coefficient (Wildman–Crippen LogP) is 24.0. The lowest BCUT2D eigenvalue weighted by atomic mass is 10.00. The van der Waals surface area contributed by atoms with Crippen molar-refractivity contribution < 1.29 is 80.2 Å². The highest BCUT2D eigenvalue weighted by atomic mass is 31.2. The number of esters is 4. The number of aliphatic hydroxyl groups is 1. The van der Waals surface area contributed by atoms with E-state index in [1.165, 1.54) is 212 Å². The smallest absolute Gasteiger partial charge is 0.462 e. The minimum Gasteiger partial charge on any atom is -0.462 e. The molecule has 0 aliphatic heterocycles. The molecule has 0 aromatic carbocycles. The van der Waals surface area contributed by atoms with E-state index < -0.39 is 97.5 Å². The van der Waals surface area contributed by atoms with E-state index in [-0.39, 0.29) is 25.7 Å². The Kier molecular flexibility index (Phi) is 71.6. The maximum Gasteiger partial charge on any atom is 0.472 e. The van der Waals surface area contributed by atoms with Crippen molar-refractivity contribution in [2.45, 2.75) is 425 Å². The largest absolute Gasteiger partial charge is 0.472 e. The zero-order valence-corrected chi connectivity index (χ0v) is 66.6. The lowest BCUT2D eigenvalue weighted by Crippen LogP contribution is -2.30. The third kappa shape index (κ3) is 72.5. The number of phosphoric acid groups is 2. The Hall–Kier alpha value is -2.46. The molecule has 3 unspecified atom stereocenters.